The van der Waals surface area contributed by atoms with Crippen molar-refractivity contribution in [2.75, 3.05) is 18.4 Å². The predicted molar refractivity (Wildman–Crippen MR) is 97.3 cm³/mol. The minimum atomic E-state index is -0.411. The Morgan fingerprint density at radius 1 is 1.21 bits per heavy atom. The third-order valence-electron chi connectivity index (χ3n) is 5.34. The van der Waals surface area contributed by atoms with Crippen LogP contribution in [0.4, 0.5) is 10.5 Å². The van der Waals surface area contributed by atoms with Gasteiger partial charge in [0.25, 0.3) is 0 Å². The highest BCUT2D eigenvalue weighted by Crippen LogP contribution is 2.50. The van der Waals surface area contributed by atoms with E-state index in [-0.39, 0.29) is 6.09 Å². The molecule has 1 saturated heterocycles. The third-order valence-corrected chi connectivity index (χ3v) is 5.34. The van der Waals surface area contributed by atoms with E-state index in [1.807, 2.05) is 25.7 Å². The molecule has 24 heavy (non-hydrogen) atoms. The van der Waals surface area contributed by atoms with Crippen molar-refractivity contribution >= 4 is 11.8 Å². The Bertz CT molecular complexity index is 590. The van der Waals surface area contributed by atoms with Gasteiger partial charge in [0, 0.05) is 24.8 Å². The Kier molecular flexibility index (Phi) is 4.50. The van der Waals surface area contributed by atoms with Crippen LogP contribution in [0, 0.1) is 12.3 Å². The van der Waals surface area contributed by atoms with Gasteiger partial charge in [-0.1, -0.05) is 18.2 Å². The minimum absolute atomic E-state index is 0.161. The number of hydrogen-bond donors (Lipinski definition) is 1. The van der Waals surface area contributed by atoms with E-state index >= 15 is 0 Å². The molecule has 1 saturated carbocycles. The molecular formula is C20H30N2O2. The predicted octanol–water partition coefficient (Wildman–Crippen LogP) is 4.59. The van der Waals surface area contributed by atoms with Gasteiger partial charge in [0.2, 0.25) is 0 Å². The van der Waals surface area contributed by atoms with Gasteiger partial charge >= 0.3 is 6.09 Å². The monoisotopic (exact) mass is 330 g/mol. The van der Waals surface area contributed by atoms with E-state index in [2.05, 4.69) is 36.5 Å². The molecule has 1 aromatic rings. The number of benzene rings is 1. The lowest BCUT2D eigenvalue weighted by atomic mass is 9.60. The summed E-state index contributed by atoms with van der Waals surface area (Å²) in [6.45, 7) is 9.56. The highest BCUT2D eigenvalue weighted by atomic mass is 16.6. The van der Waals surface area contributed by atoms with Gasteiger partial charge in [-0.15, -0.1) is 0 Å². The molecule has 4 heteroatoms. The van der Waals surface area contributed by atoms with E-state index < -0.39 is 5.60 Å². The second kappa shape index (κ2) is 6.30. The molecule has 0 radical (unpaired) electrons. The summed E-state index contributed by atoms with van der Waals surface area (Å²) in [4.78, 5) is 14.0. The highest BCUT2D eigenvalue weighted by molar-refractivity contribution is 5.68. The number of piperidine rings is 1. The summed E-state index contributed by atoms with van der Waals surface area (Å²) in [5, 5.41) is 3.68. The highest BCUT2D eigenvalue weighted by Gasteiger charge is 2.46. The van der Waals surface area contributed by atoms with E-state index in [9.17, 15) is 4.79 Å². The zero-order valence-corrected chi connectivity index (χ0v) is 15.4. The van der Waals surface area contributed by atoms with Crippen molar-refractivity contribution in [2.24, 2.45) is 5.41 Å². The van der Waals surface area contributed by atoms with Crippen LogP contribution in [0.15, 0.2) is 24.3 Å². The third kappa shape index (κ3) is 3.85. The molecule has 4 nitrogen and oxygen atoms in total. The van der Waals surface area contributed by atoms with Gasteiger partial charge in [-0.3, -0.25) is 0 Å². The summed E-state index contributed by atoms with van der Waals surface area (Å²) in [5.74, 6) is 0. The summed E-state index contributed by atoms with van der Waals surface area (Å²) in [5.41, 5.74) is 2.58. The van der Waals surface area contributed by atoms with Crippen molar-refractivity contribution in [1.82, 2.24) is 4.90 Å². The molecule has 1 spiro atoms. The number of para-hydroxylation sites is 1. The first kappa shape index (κ1) is 17.1. The molecule has 1 N–H and O–H groups in total. The summed E-state index contributed by atoms with van der Waals surface area (Å²) >= 11 is 0. The Hall–Kier alpha value is -1.71. The molecule has 1 amide bonds. The fourth-order valence-corrected chi connectivity index (χ4v) is 3.94. The number of carbonyl (C=O) groups is 1. The molecule has 3 rings (SSSR count). The van der Waals surface area contributed by atoms with Crippen molar-refractivity contribution in [3.63, 3.8) is 0 Å². The van der Waals surface area contributed by atoms with Crippen LogP contribution in [0.25, 0.3) is 0 Å². The molecule has 0 aromatic heterocycles. The van der Waals surface area contributed by atoms with Crippen molar-refractivity contribution in [3.05, 3.63) is 29.8 Å². The van der Waals surface area contributed by atoms with Gasteiger partial charge in [0.05, 0.1) is 0 Å². The van der Waals surface area contributed by atoms with Crippen LogP contribution >= 0.6 is 0 Å². The Balaban J connectivity index is 1.47. The molecule has 0 unspecified atom stereocenters. The number of anilines is 1. The fourth-order valence-electron chi connectivity index (χ4n) is 3.94. The maximum atomic E-state index is 12.2. The topological polar surface area (TPSA) is 41.6 Å². The lowest BCUT2D eigenvalue weighted by molar-refractivity contribution is -0.00860. The Morgan fingerprint density at radius 2 is 1.83 bits per heavy atom. The average Bonchev–Trinajstić information content (AvgIpc) is 2.47. The van der Waals surface area contributed by atoms with Gasteiger partial charge < -0.3 is 15.0 Å². The fraction of sp³-hybridized carbons (Fsp3) is 0.650. The van der Waals surface area contributed by atoms with Crippen molar-refractivity contribution in [1.29, 1.82) is 0 Å². The number of amides is 1. The van der Waals surface area contributed by atoms with E-state index in [1.165, 1.54) is 24.1 Å². The number of nitrogens with one attached hydrogen (secondary N) is 1. The number of hydrogen-bond acceptors (Lipinski definition) is 3. The molecule has 1 aliphatic heterocycles. The molecular weight excluding hydrogens is 300 g/mol. The first-order chi connectivity index (χ1) is 11.3. The number of rotatable bonds is 2. The van der Waals surface area contributed by atoms with E-state index in [0.717, 1.165) is 25.9 Å². The maximum Gasteiger partial charge on any atom is 0.410 e. The first-order valence-electron chi connectivity index (χ1n) is 9.07. The lowest BCUT2D eigenvalue weighted by Crippen LogP contribution is -2.53. The molecule has 0 atom stereocenters. The summed E-state index contributed by atoms with van der Waals surface area (Å²) < 4.78 is 5.48. The molecule has 2 fully saturated rings. The number of nitrogens with zero attached hydrogens (tertiary/aromatic N) is 1. The Labute approximate surface area is 145 Å². The van der Waals surface area contributed by atoms with Crippen molar-refractivity contribution < 1.29 is 9.53 Å². The summed E-state index contributed by atoms with van der Waals surface area (Å²) in [7, 11) is 0. The number of likely N-dealkylation sites (tertiary alicyclic amines) is 1. The second-order valence-corrected chi connectivity index (χ2v) is 8.53. The Morgan fingerprint density at radius 3 is 2.42 bits per heavy atom. The molecule has 1 aliphatic carbocycles. The van der Waals surface area contributed by atoms with Gasteiger partial charge in [0.15, 0.2) is 0 Å². The molecule has 2 aliphatic rings. The summed E-state index contributed by atoms with van der Waals surface area (Å²) in [6.07, 6.45) is 4.45. The standard InChI is InChI=1S/C20H30N2O2/c1-15-7-5-6-8-17(15)21-16-13-20(14-16)9-11-22(12-10-20)18(23)24-19(2,3)4/h5-8,16,21H,9-14H2,1-4H3. The van der Waals surface area contributed by atoms with E-state index in [0.29, 0.717) is 11.5 Å². The van der Waals surface area contributed by atoms with Gasteiger partial charge in [-0.2, -0.15) is 0 Å². The summed E-state index contributed by atoms with van der Waals surface area (Å²) in [6, 6.07) is 9.04. The SMILES string of the molecule is Cc1ccccc1NC1CC2(CCN(C(=O)OC(C)(C)C)CC2)C1. The van der Waals surface area contributed by atoms with Gasteiger partial charge in [-0.05, 0) is 70.4 Å². The van der Waals surface area contributed by atoms with E-state index in [4.69, 9.17) is 4.74 Å². The van der Waals surface area contributed by atoms with Crippen LogP contribution in [0.5, 0.6) is 0 Å². The molecule has 132 valence electrons. The van der Waals surface area contributed by atoms with Crippen LogP contribution in [0.2, 0.25) is 0 Å². The second-order valence-electron chi connectivity index (χ2n) is 8.53. The van der Waals surface area contributed by atoms with Gasteiger partial charge in [-0.25, -0.2) is 4.79 Å². The quantitative estimate of drug-likeness (QED) is 0.862. The first-order valence-corrected chi connectivity index (χ1v) is 9.07. The smallest absolute Gasteiger partial charge is 0.410 e. The largest absolute Gasteiger partial charge is 0.444 e. The van der Waals surface area contributed by atoms with Crippen LogP contribution in [-0.4, -0.2) is 35.7 Å². The van der Waals surface area contributed by atoms with Gasteiger partial charge in [0.1, 0.15) is 5.60 Å². The van der Waals surface area contributed by atoms with Crippen molar-refractivity contribution in [3.8, 4) is 0 Å². The molecule has 1 aromatic carbocycles. The van der Waals surface area contributed by atoms with E-state index in [1.54, 1.807) is 0 Å². The zero-order chi connectivity index (χ0) is 17.4. The zero-order valence-electron chi connectivity index (χ0n) is 15.4. The average molecular weight is 330 g/mol. The van der Waals surface area contributed by atoms with Crippen LogP contribution in [-0.2, 0) is 4.74 Å². The number of aryl methyl sites for hydroxylation is 1. The molecule has 1 heterocycles. The molecule has 0 bridgehead atoms. The number of carbonyl (C=O) groups excluding carboxylic acids is 1. The van der Waals surface area contributed by atoms with Crippen LogP contribution in [0.3, 0.4) is 0 Å². The van der Waals surface area contributed by atoms with Crippen molar-refractivity contribution in [2.45, 2.75) is 65.0 Å². The van der Waals surface area contributed by atoms with Crippen LogP contribution in [0.1, 0.15) is 52.0 Å². The maximum absolute atomic E-state index is 12.2. The normalized spacial score (nSPS) is 20.6. The minimum Gasteiger partial charge on any atom is -0.444 e. The number of ether oxygens (including phenoxy) is 1. The lowest BCUT2D eigenvalue weighted by Gasteiger charge is -2.52. The van der Waals surface area contributed by atoms with Crippen LogP contribution < -0.4 is 5.32 Å².